The summed E-state index contributed by atoms with van der Waals surface area (Å²) in [4.78, 5) is 0. The molecule has 1 aromatic rings. The van der Waals surface area contributed by atoms with Gasteiger partial charge in [-0.25, -0.2) is 0 Å². The molecule has 1 aliphatic carbocycles. The fourth-order valence-electron chi connectivity index (χ4n) is 2.31. The molecule has 0 bridgehead atoms. The van der Waals surface area contributed by atoms with Gasteiger partial charge in [-0.3, -0.25) is 4.57 Å². The number of alkyl halides is 2. The summed E-state index contributed by atoms with van der Waals surface area (Å²) < 4.78 is 26.5. The van der Waals surface area contributed by atoms with Gasteiger partial charge in [0.15, 0.2) is 0 Å². The van der Waals surface area contributed by atoms with Crippen LogP contribution >= 0.6 is 0 Å². The van der Waals surface area contributed by atoms with E-state index in [0.29, 0.717) is 12.2 Å². The summed E-state index contributed by atoms with van der Waals surface area (Å²) in [6, 6.07) is -0.275. The van der Waals surface area contributed by atoms with Crippen LogP contribution in [0.2, 0.25) is 0 Å². The third kappa shape index (κ3) is 1.66. The van der Waals surface area contributed by atoms with Crippen molar-refractivity contribution in [2.45, 2.75) is 38.4 Å². The maximum absolute atomic E-state index is 12.7. The van der Waals surface area contributed by atoms with Crippen LogP contribution in [0.4, 0.5) is 8.78 Å². The van der Waals surface area contributed by atoms with Crippen molar-refractivity contribution >= 4 is 0 Å². The van der Waals surface area contributed by atoms with Gasteiger partial charge in [-0.05, 0) is 30.4 Å². The maximum Gasteiger partial charge on any atom is 0.318 e. The molecule has 0 fully saturated rings. The number of hydrogen-bond donors (Lipinski definition) is 2. The Kier molecular flexibility index (Phi) is 2.75. The van der Waals surface area contributed by atoms with E-state index in [4.69, 9.17) is 11.5 Å². The van der Waals surface area contributed by atoms with E-state index >= 15 is 0 Å². The van der Waals surface area contributed by atoms with E-state index in [0.717, 1.165) is 35.0 Å². The van der Waals surface area contributed by atoms with Gasteiger partial charge < -0.3 is 11.5 Å². The van der Waals surface area contributed by atoms with Gasteiger partial charge in [0, 0.05) is 24.5 Å². The monoisotopic (exact) mass is 215 g/mol. The lowest BCUT2D eigenvalue weighted by Crippen LogP contribution is -2.21. The molecule has 15 heavy (non-hydrogen) atoms. The molecule has 84 valence electrons. The first kappa shape index (κ1) is 10.6. The zero-order valence-corrected chi connectivity index (χ0v) is 8.42. The summed E-state index contributed by atoms with van der Waals surface area (Å²) in [7, 11) is 0. The Labute approximate surface area is 87.0 Å². The van der Waals surface area contributed by atoms with Crippen LogP contribution in [0.15, 0.2) is 6.20 Å². The minimum Gasteiger partial charge on any atom is -0.326 e. The van der Waals surface area contributed by atoms with Gasteiger partial charge in [-0.2, -0.15) is 8.78 Å². The van der Waals surface area contributed by atoms with E-state index in [1.54, 1.807) is 0 Å². The highest BCUT2D eigenvalue weighted by Crippen LogP contribution is 2.34. The summed E-state index contributed by atoms with van der Waals surface area (Å²) in [6.07, 6.45) is 3.98. The first-order valence-electron chi connectivity index (χ1n) is 5.11. The molecule has 4 N–H and O–H groups in total. The summed E-state index contributed by atoms with van der Waals surface area (Å²) in [6.45, 7) is -2.22. The van der Waals surface area contributed by atoms with Gasteiger partial charge in [0.25, 0.3) is 0 Å². The van der Waals surface area contributed by atoms with Crippen LogP contribution in [0, 0.1) is 0 Å². The predicted octanol–water partition coefficient (Wildman–Crippen LogP) is 1.68. The lowest BCUT2D eigenvalue weighted by atomic mass is 9.92. The van der Waals surface area contributed by atoms with E-state index < -0.39 is 6.55 Å². The van der Waals surface area contributed by atoms with Crippen molar-refractivity contribution in [2.75, 3.05) is 0 Å². The zero-order valence-electron chi connectivity index (χ0n) is 8.42. The van der Waals surface area contributed by atoms with E-state index in [-0.39, 0.29) is 6.04 Å². The average molecular weight is 215 g/mol. The number of fused-ring (bicyclic) bond motifs is 1. The molecule has 2 rings (SSSR count). The number of nitrogens with two attached hydrogens (primary N) is 2. The Bertz CT molecular complexity index is 360. The van der Waals surface area contributed by atoms with Gasteiger partial charge in [0.2, 0.25) is 0 Å². The molecule has 0 aromatic carbocycles. The molecule has 0 unspecified atom stereocenters. The molecule has 1 aromatic heterocycles. The topological polar surface area (TPSA) is 57.0 Å². The number of hydrogen-bond acceptors (Lipinski definition) is 2. The van der Waals surface area contributed by atoms with Crippen molar-refractivity contribution in [2.24, 2.45) is 11.5 Å². The second-order valence-electron chi connectivity index (χ2n) is 3.91. The Morgan fingerprint density at radius 3 is 2.87 bits per heavy atom. The molecule has 3 nitrogen and oxygen atoms in total. The van der Waals surface area contributed by atoms with Crippen LogP contribution in [0.5, 0.6) is 0 Å². The van der Waals surface area contributed by atoms with Gasteiger partial charge in [-0.1, -0.05) is 0 Å². The standard InChI is InChI=1S/C10H15F2N3/c11-10(12)15-5-6(4-13)7-2-1-3-8(14)9(7)15/h5,8,10H,1-4,13-14H2/t8-/m1/s1. The summed E-state index contributed by atoms with van der Waals surface area (Å²) in [5.74, 6) is 0. The minimum atomic E-state index is -2.52. The Hall–Kier alpha value is -0.940. The highest BCUT2D eigenvalue weighted by molar-refractivity contribution is 5.36. The molecule has 1 heterocycles. The van der Waals surface area contributed by atoms with Crippen molar-refractivity contribution in [3.8, 4) is 0 Å². The lowest BCUT2D eigenvalue weighted by molar-refractivity contribution is 0.0658. The van der Waals surface area contributed by atoms with Crippen LogP contribution in [0.25, 0.3) is 0 Å². The van der Waals surface area contributed by atoms with Crippen LogP contribution in [0.1, 0.15) is 42.3 Å². The fourth-order valence-corrected chi connectivity index (χ4v) is 2.31. The molecule has 5 heteroatoms. The maximum atomic E-state index is 12.7. The zero-order chi connectivity index (χ0) is 11.0. The van der Waals surface area contributed by atoms with Crippen LogP contribution in [-0.4, -0.2) is 4.57 Å². The third-order valence-corrected chi connectivity index (χ3v) is 2.99. The second-order valence-corrected chi connectivity index (χ2v) is 3.91. The number of nitrogens with zero attached hydrogens (tertiary/aromatic N) is 1. The Morgan fingerprint density at radius 2 is 2.27 bits per heavy atom. The molecule has 1 atom stereocenters. The minimum absolute atomic E-state index is 0.275. The normalized spacial score (nSPS) is 20.7. The lowest BCUT2D eigenvalue weighted by Gasteiger charge is -2.22. The molecule has 0 aliphatic heterocycles. The predicted molar refractivity (Wildman–Crippen MR) is 53.4 cm³/mol. The molecular formula is C10H15F2N3. The van der Waals surface area contributed by atoms with Gasteiger partial charge in [0.05, 0.1) is 0 Å². The Balaban J connectivity index is 2.53. The first-order chi connectivity index (χ1) is 7.15. The molecule has 0 spiro atoms. The number of aromatic nitrogens is 1. The number of halogens is 2. The van der Waals surface area contributed by atoms with Crippen LogP contribution < -0.4 is 11.5 Å². The molecule has 0 saturated carbocycles. The summed E-state index contributed by atoms with van der Waals surface area (Å²) in [5.41, 5.74) is 13.7. The Morgan fingerprint density at radius 1 is 1.53 bits per heavy atom. The van der Waals surface area contributed by atoms with Crippen LogP contribution in [0.3, 0.4) is 0 Å². The molecule has 0 radical (unpaired) electrons. The van der Waals surface area contributed by atoms with E-state index in [2.05, 4.69) is 0 Å². The highest BCUT2D eigenvalue weighted by atomic mass is 19.3. The molecule has 1 aliphatic rings. The highest BCUT2D eigenvalue weighted by Gasteiger charge is 2.26. The van der Waals surface area contributed by atoms with Crippen molar-refractivity contribution in [3.05, 3.63) is 23.0 Å². The van der Waals surface area contributed by atoms with Gasteiger partial charge in [0.1, 0.15) is 0 Å². The average Bonchev–Trinajstić information content (AvgIpc) is 2.58. The first-order valence-corrected chi connectivity index (χ1v) is 5.11. The molecule has 0 amide bonds. The fraction of sp³-hybridized carbons (Fsp3) is 0.600. The summed E-state index contributed by atoms with van der Waals surface area (Å²) >= 11 is 0. The smallest absolute Gasteiger partial charge is 0.318 e. The molecular weight excluding hydrogens is 200 g/mol. The summed E-state index contributed by atoms with van der Waals surface area (Å²) in [5, 5.41) is 0. The quantitative estimate of drug-likeness (QED) is 0.788. The third-order valence-electron chi connectivity index (χ3n) is 2.99. The van der Waals surface area contributed by atoms with Crippen molar-refractivity contribution in [3.63, 3.8) is 0 Å². The second kappa shape index (κ2) is 3.90. The van der Waals surface area contributed by atoms with Gasteiger partial charge in [-0.15, -0.1) is 0 Å². The molecule has 0 saturated heterocycles. The SMILES string of the molecule is NCc1cn(C(F)F)c2c1CCC[C@H]2N. The van der Waals surface area contributed by atoms with Crippen molar-refractivity contribution in [1.82, 2.24) is 4.57 Å². The number of rotatable bonds is 2. The van der Waals surface area contributed by atoms with Gasteiger partial charge >= 0.3 is 6.55 Å². The largest absolute Gasteiger partial charge is 0.326 e. The van der Waals surface area contributed by atoms with E-state index in [1.807, 2.05) is 0 Å². The van der Waals surface area contributed by atoms with E-state index in [9.17, 15) is 8.78 Å². The van der Waals surface area contributed by atoms with E-state index in [1.165, 1.54) is 6.20 Å². The van der Waals surface area contributed by atoms with Crippen LogP contribution in [-0.2, 0) is 13.0 Å². The van der Waals surface area contributed by atoms with Crippen molar-refractivity contribution < 1.29 is 8.78 Å². The van der Waals surface area contributed by atoms with Crippen molar-refractivity contribution in [1.29, 1.82) is 0 Å².